The Morgan fingerprint density at radius 3 is 3.07 bits per heavy atom. The Balaban J connectivity index is 2.02. The van der Waals surface area contributed by atoms with Crippen molar-refractivity contribution in [2.24, 2.45) is 0 Å². The lowest BCUT2D eigenvalue weighted by molar-refractivity contribution is -0.0768. The van der Waals surface area contributed by atoms with E-state index in [2.05, 4.69) is 23.3 Å². The summed E-state index contributed by atoms with van der Waals surface area (Å²) in [7, 11) is 0. The van der Waals surface area contributed by atoms with E-state index in [0.717, 1.165) is 18.7 Å². The van der Waals surface area contributed by atoms with E-state index in [1.165, 1.54) is 0 Å². The molecule has 0 spiro atoms. The fraction of sp³-hybridized carbons (Fsp3) is 0.455. The Kier molecular flexibility index (Phi) is 2.67. The van der Waals surface area contributed by atoms with Crippen molar-refractivity contribution >= 4 is 0 Å². The topological polar surface area (TPSA) is 57.9 Å². The SMILES string of the molecule is CC1(OCc2cccnc2C#N)CNC1. The van der Waals surface area contributed by atoms with E-state index in [9.17, 15) is 0 Å². The van der Waals surface area contributed by atoms with Crippen LogP contribution in [0.1, 0.15) is 18.2 Å². The zero-order chi connectivity index (χ0) is 10.7. The van der Waals surface area contributed by atoms with Crippen LogP contribution in [0.5, 0.6) is 0 Å². The number of aromatic nitrogens is 1. The highest BCUT2D eigenvalue weighted by atomic mass is 16.5. The number of hydrogen-bond acceptors (Lipinski definition) is 4. The zero-order valence-electron chi connectivity index (χ0n) is 8.66. The van der Waals surface area contributed by atoms with Gasteiger partial charge in [-0.3, -0.25) is 0 Å². The molecule has 2 heterocycles. The first-order valence-electron chi connectivity index (χ1n) is 4.92. The highest BCUT2D eigenvalue weighted by Gasteiger charge is 2.32. The molecule has 1 aliphatic rings. The molecule has 1 aromatic heterocycles. The third-order valence-corrected chi connectivity index (χ3v) is 2.57. The smallest absolute Gasteiger partial charge is 0.145 e. The molecule has 0 radical (unpaired) electrons. The van der Waals surface area contributed by atoms with Gasteiger partial charge in [-0.05, 0) is 13.0 Å². The van der Waals surface area contributed by atoms with Crippen LogP contribution >= 0.6 is 0 Å². The highest BCUT2D eigenvalue weighted by molar-refractivity contribution is 5.29. The van der Waals surface area contributed by atoms with Crippen molar-refractivity contribution in [1.82, 2.24) is 10.3 Å². The molecule has 4 heteroatoms. The first kappa shape index (κ1) is 10.1. The lowest BCUT2D eigenvalue weighted by Crippen LogP contribution is -2.58. The Bertz CT molecular complexity index is 393. The van der Waals surface area contributed by atoms with Crippen LogP contribution in [-0.4, -0.2) is 23.7 Å². The van der Waals surface area contributed by atoms with Crippen molar-refractivity contribution < 1.29 is 4.74 Å². The normalized spacial score (nSPS) is 17.9. The van der Waals surface area contributed by atoms with Gasteiger partial charge < -0.3 is 10.1 Å². The van der Waals surface area contributed by atoms with Gasteiger partial charge in [0.25, 0.3) is 0 Å². The van der Waals surface area contributed by atoms with Crippen LogP contribution in [0.3, 0.4) is 0 Å². The molecule has 2 rings (SSSR count). The summed E-state index contributed by atoms with van der Waals surface area (Å²) in [5.74, 6) is 0. The minimum Gasteiger partial charge on any atom is -0.368 e. The summed E-state index contributed by atoms with van der Waals surface area (Å²) in [6.45, 7) is 4.26. The van der Waals surface area contributed by atoms with Gasteiger partial charge in [-0.15, -0.1) is 0 Å². The molecule has 1 fully saturated rings. The maximum Gasteiger partial charge on any atom is 0.145 e. The van der Waals surface area contributed by atoms with Gasteiger partial charge >= 0.3 is 0 Å². The third-order valence-electron chi connectivity index (χ3n) is 2.57. The van der Waals surface area contributed by atoms with Crippen LogP contribution < -0.4 is 5.32 Å². The van der Waals surface area contributed by atoms with E-state index in [0.29, 0.717) is 12.3 Å². The molecular weight excluding hydrogens is 190 g/mol. The molecule has 0 amide bonds. The van der Waals surface area contributed by atoms with Crippen molar-refractivity contribution in [2.75, 3.05) is 13.1 Å². The van der Waals surface area contributed by atoms with E-state index in [1.807, 2.05) is 12.1 Å². The molecule has 0 aromatic carbocycles. The van der Waals surface area contributed by atoms with Crippen LogP contribution in [0.15, 0.2) is 18.3 Å². The monoisotopic (exact) mass is 203 g/mol. The Hall–Kier alpha value is -1.44. The van der Waals surface area contributed by atoms with Crippen molar-refractivity contribution in [2.45, 2.75) is 19.1 Å². The van der Waals surface area contributed by atoms with Crippen LogP contribution in [0, 0.1) is 11.3 Å². The molecular formula is C11H13N3O. The average molecular weight is 203 g/mol. The molecule has 4 nitrogen and oxygen atoms in total. The van der Waals surface area contributed by atoms with Gasteiger partial charge in [0.1, 0.15) is 11.8 Å². The van der Waals surface area contributed by atoms with E-state index >= 15 is 0 Å². The summed E-state index contributed by atoms with van der Waals surface area (Å²) in [5.41, 5.74) is 1.23. The first-order chi connectivity index (χ1) is 7.23. The fourth-order valence-electron chi connectivity index (χ4n) is 1.49. The second kappa shape index (κ2) is 3.97. The standard InChI is InChI=1S/C11H13N3O/c1-11(7-13-8-11)15-6-9-3-2-4-14-10(9)5-12/h2-4,13H,6-8H2,1H3. The Labute approximate surface area is 88.9 Å². The number of nitrogens with one attached hydrogen (secondary N) is 1. The summed E-state index contributed by atoms with van der Waals surface area (Å²) < 4.78 is 5.74. The number of ether oxygens (including phenoxy) is 1. The predicted molar refractivity (Wildman–Crippen MR) is 55.0 cm³/mol. The molecule has 15 heavy (non-hydrogen) atoms. The van der Waals surface area contributed by atoms with Crippen molar-refractivity contribution in [1.29, 1.82) is 5.26 Å². The summed E-state index contributed by atoms with van der Waals surface area (Å²) in [6.07, 6.45) is 1.62. The quantitative estimate of drug-likeness (QED) is 0.790. The molecule has 0 aliphatic carbocycles. The lowest BCUT2D eigenvalue weighted by Gasteiger charge is -2.39. The van der Waals surface area contributed by atoms with Crippen LogP contribution in [0.4, 0.5) is 0 Å². The number of nitriles is 1. The molecule has 0 bridgehead atoms. The predicted octanol–water partition coefficient (Wildman–Crippen LogP) is 0.832. The van der Waals surface area contributed by atoms with E-state index in [-0.39, 0.29) is 5.60 Å². The Morgan fingerprint density at radius 2 is 2.47 bits per heavy atom. The van der Waals surface area contributed by atoms with Gasteiger partial charge in [0.05, 0.1) is 12.2 Å². The summed E-state index contributed by atoms with van der Waals surface area (Å²) in [4.78, 5) is 3.98. The molecule has 1 saturated heterocycles. The van der Waals surface area contributed by atoms with Gasteiger partial charge in [-0.2, -0.15) is 5.26 Å². The number of rotatable bonds is 3. The van der Waals surface area contributed by atoms with Gasteiger partial charge in [-0.1, -0.05) is 6.07 Å². The number of pyridine rings is 1. The molecule has 1 aliphatic heterocycles. The van der Waals surface area contributed by atoms with E-state index in [1.54, 1.807) is 6.20 Å². The maximum atomic E-state index is 8.84. The fourth-order valence-corrected chi connectivity index (χ4v) is 1.49. The second-order valence-electron chi connectivity index (χ2n) is 3.97. The maximum absolute atomic E-state index is 8.84. The van der Waals surface area contributed by atoms with Crippen molar-refractivity contribution in [3.05, 3.63) is 29.6 Å². The number of nitrogens with zero attached hydrogens (tertiary/aromatic N) is 2. The van der Waals surface area contributed by atoms with Gasteiger partial charge in [0.15, 0.2) is 0 Å². The highest BCUT2D eigenvalue weighted by Crippen LogP contribution is 2.18. The minimum atomic E-state index is -0.0808. The first-order valence-corrected chi connectivity index (χ1v) is 4.92. The lowest BCUT2D eigenvalue weighted by atomic mass is 10.00. The average Bonchev–Trinajstić information content (AvgIpc) is 2.24. The van der Waals surface area contributed by atoms with Crippen molar-refractivity contribution in [3.8, 4) is 6.07 Å². The van der Waals surface area contributed by atoms with Crippen LogP contribution in [-0.2, 0) is 11.3 Å². The minimum absolute atomic E-state index is 0.0808. The largest absolute Gasteiger partial charge is 0.368 e. The zero-order valence-corrected chi connectivity index (χ0v) is 8.66. The molecule has 0 atom stereocenters. The van der Waals surface area contributed by atoms with Crippen molar-refractivity contribution in [3.63, 3.8) is 0 Å². The molecule has 1 aromatic rings. The van der Waals surface area contributed by atoms with Gasteiger partial charge in [0, 0.05) is 24.8 Å². The van der Waals surface area contributed by atoms with E-state index < -0.39 is 0 Å². The van der Waals surface area contributed by atoms with Gasteiger partial charge in [-0.25, -0.2) is 4.98 Å². The summed E-state index contributed by atoms with van der Waals surface area (Å²) >= 11 is 0. The van der Waals surface area contributed by atoms with E-state index in [4.69, 9.17) is 10.00 Å². The summed E-state index contributed by atoms with van der Waals surface area (Å²) in [6, 6.07) is 5.76. The van der Waals surface area contributed by atoms with Gasteiger partial charge in [0.2, 0.25) is 0 Å². The van der Waals surface area contributed by atoms with Crippen LogP contribution in [0.2, 0.25) is 0 Å². The molecule has 0 unspecified atom stereocenters. The Morgan fingerprint density at radius 1 is 1.67 bits per heavy atom. The van der Waals surface area contributed by atoms with Crippen LogP contribution in [0.25, 0.3) is 0 Å². The second-order valence-corrected chi connectivity index (χ2v) is 3.97. The molecule has 0 saturated carbocycles. The summed E-state index contributed by atoms with van der Waals surface area (Å²) in [5, 5.41) is 12.0. The number of hydrogen-bond donors (Lipinski definition) is 1. The third kappa shape index (κ3) is 2.14. The molecule has 78 valence electrons. The molecule has 1 N–H and O–H groups in total.